The molecule has 88 valence electrons. The van der Waals surface area contributed by atoms with E-state index in [-0.39, 0.29) is 11.7 Å². The molecule has 1 fully saturated rings. The number of hydrogen-bond donors (Lipinski definition) is 0. The lowest BCUT2D eigenvalue weighted by Crippen LogP contribution is -2.19. The number of hydrogen-bond acceptors (Lipinski definition) is 2. The van der Waals surface area contributed by atoms with E-state index >= 15 is 0 Å². The van der Waals surface area contributed by atoms with E-state index in [1.165, 1.54) is 5.39 Å². The highest BCUT2D eigenvalue weighted by atomic mass is 16.5. The van der Waals surface area contributed by atoms with Crippen LogP contribution in [0, 0.1) is 5.92 Å². The molecule has 0 spiro atoms. The molecule has 0 bridgehead atoms. The molecule has 2 aromatic rings. The third kappa shape index (κ3) is 1.98. The summed E-state index contributed by atoms with van der Waals surface area (Å²) >= 11 is 0. The number of para-hydroxylation sites is 1. The SMILES string of the molecule is O=C(Cn1ccc2ccccc21)C1CCOC1. The monoisotopic (exact) mass is 229 g/mol. The van der Waals surface area contributed by atoms with Crippen LogP contribution in [0.2, 0.25) is 0 Å². The average Bonchev–Trinajstić information content (AvgIpc) is 2.98. The number of carbonyl (C=O) groups is 1. The van der Waals surface area contributed by atoms with Crippen molar-refractivity contribution in [3.8, 4) is 0 Å². The summed E-state index contributed by atoms with van der Waals surface area (Å²) in [5, 5.41) is 1.18. The maximum absolute atomic E-state index is 12.1. The minimum absolute atomic E-state index is 0.0937. The molecule has 17 heavy (non-hydrogen) atoms. The van der Waals surface area contributed by atoms with E-state index in [0.717, 1.165) is 18.5 Å². The molecule has 2 heterocycles. The van der Waals surface area contributed by atoms with Crippen LogP contribution in [-0.4, -0.2) is 23.6 Å². The summed E-state index contributed by atoms with van der Waals surface area (Å²) in [6.07, 6.45) is 2.86. The van der Waals surface area contributed by atoms with Gasteiger partial charge in [0.25, 0.3) is 0 Å². The molecule has 1 unspecified atom stereocenters. The highest BCUT2D eigenvalue weighted by Gasteiger charge is 2.23. The maximum Gasteiger partial charge on any atom is 0.157 e. The molecular formula is C14H15NO2. The fourth-order valence-electron chi connectivity index (χ4n) is 2.36. The van der Waals surface area contributed by atoms with Crippen LogP contribution in [-0.2, 0) is 16.1 Å². The molecule has 0 saturated carbocycles. The smallest absolute Gasteiger partial charge is 0.157 e. The molecule has 1 saturated heterocycles. The van der Waals surface area contributed by atoms with Gasteiger partial charge in [0.2, 0.25) is 0 Å². The van der Waals surface area contributed by atoms with Crippen molar-refractivity contribution in [2.75, 3.05) is 13.2 Å². The Balaban J connectivity index is 1.82. The Morgan fingerprint density at radius 1 is 1.35 bits per heavy atom. The maximum atomic E-state index is 12.1. The topological polar surface area (TPSA) is 31.2 Å². The number of aromatic nitrogens is 1. The van der Waals surface area contributed by atoms with Crippen molar-refractivity contribution in [3.05, 3.63) is 36.5 Å². The van der Waals surface area contributed by atoms with Crippen LogP contribution in [0.3, 0.4) is 0 Å². The van der Waals surface area contributed by atoms with E-state index in [0.29, 0.717) is 13.2 Å². The quantitative estimate of drug-likeness (QED) is 0.808. The van der Waals surface area contributed by atoms with Gasteiger partial charge in [-0.1, -0.05) is 18.2 Å². The number of benzene rings is 1. The molecular weight excluding hydrogens is 214 g/mol. The third-order valence-corrected chi connectivity index (χ3v) is 3.39. The lowest BCUT2D eigenvalue weighted by atomic mass is 10.0. The minimum atomic E-state index is 0.0937. The summed E-state index contributed by atoms with van der Waals surface area (Å²) in [7, 11) is 0. The van der Waals surface area contributed by atoms with E-state index < -0.39 is 0 Å². The van der Waals surface area contributed by atoms with Gasteiger partial charge in [-0.05, 0) is 23.9 Å². The molecule has 1 aliphatic rings. The van der Waals surface area contributed by atoms with Gasteiger partial charge in [0.15, 0.2) is 5.78 Å². The van der Waals surface area contributed by atoms with Crippen molar-refractivity contribution < 1.29 is 9.53 Å². The van der Waals surface area contributed by atoms with Crippen molar-refractivity contribution in [2.24, 2.45) is 5.92 Å². The second-order valence-corrected chi connectivity index (χ2v) is 4.53. The first-order valence-corrected chi connectivity index (χ1v) is 5.99. The molecule has 1 aromatic heterocycles. The van der Waals surface area contributed by atoms with Crippen molar-refractivity contribution in [1.82, 2.24) is 4.57 Å². The number of rotatable bonds is 3. The predicted octanol–water partition coefficient (Wildman–Crippen LogP) is 2.25. The average molecular weight is 229 g/mol. The Morgan fingerprint density at radius 2 is 2.24 bits per heavy atom. The second kappa shape index (κ2) is 4.34. The van der Waals surface area contributed by atoms with E-state index in [4.69, 9.17) is 4.74 Å². The standard InChI is InChI=1S/C14H15NO2/c16-14(12-6-8-17-10-12)9-15-7-5-11-3-1-2-4-13(11)15/h1-5,7,12H,6,8-10H2. The van der Waals surface area contributed by atoms with Gasteiger partial charge in [0.05, 0.1) is 13.2 Å². The number of ether oxygens (including phenoxy) is 1. The van der Waals surface area contributed by atoms with Crippen LogP contribution in [0.5, 0.6) is 0 Å². The summed E-state index contributed by atoms with van der Waals surface area (Å²) in [6.45, 7) is 1.78. The zero-order valence-corrected chi connectivity index (χ0v) is 9.63. The van der Waals surface area contributed by atoms with E-state index in [2.05, 4.69) is 6.07 Å². The third-order valence-electron chi connectivity index (χ3n) is 3.39. The van der Waals surface area contributed by atoms with Gasteiger partial charge in [0, 0.05) is 24.2 Å². The fraction of sp³-hybridized carbons (Fsp3) is 0.357. The lowest BCUT2D eigenvalue weighted by Gasteiger charge is -2.08. The number of ketones is 1. The van der Waals surface area contributed by atoms with Gasteiger partial charge in [-0.2, -0.15) is 0 Å². The minimum Gasteiger partial charge on any atom is -0.381 e. The van der Waals surface area contributed by atoms with Crippen LogP contribution in [0.1, 0.15) is 6.42 Å². The summed E-state index contributed by atoms with van der Waals surface area (Å²) in [5.74, 6) is 0.375. The molecule has 3 heteroatoms. The number of nitrogens with zero attached hydrogens (tertiary/aromatic N) is 1. The van der Waals surface area contributed by atoms with Crippen LogP contribution in [0.4, 0.5) is 0 Å². The molecule has 0 aliphatic carbocycles. The Labute approximate surface area is 100.0 Å². The Kier molecular flexibility index (Phi) is 2.69. The van der Waals surface area contributed by atoms with Gasteiger partial charge in [-0.25, -0.2) is 0 Å². The second-order valence-electron chi connectivity index (χ2n) is 4.53. The number of fused-ring (bicyclic) bond motifs is 1. The summed E-state index contributed by atoms with van der Waals surface area (Å²) in [5.41, 5.74) is 1.12. The predicted molar refractivity (Wildman–Crippen MR) is 65.9 cm³/mol. The van der Waals surface area contributed by atoms with Crippen molar-refractivity contribution in [3.63, 3.8) is 0 Å². The first-order chi connectivity index (χ1) is 8.34. The molecule has 1 aromatic carbocycles. The normalized spacial score (nSPS) is 19.9. The zero-order valence-electron chi connectivity index (χ0n) is 9.63. The first kappa shape index (κ1) is 10.5. The molecule has 1 aliphatic heterocycles. The molecule has 0 N–H and O–H groups in total. The van der Waals surface area contributed by atoms with Gasteiger partial charge < -0.3 is 9.30 Å². The number of Topliss-reactive ketones (excluding diaryl/α,β-unsaturated/α-hetero) is 1. The molecule has 3 nitrogen and oxygen atoms in total. The highest BCUT2D eigenvalue weighted by molar-refractivity contribution is 5.85. The summed E-state index contributed by atoms with van der Waals surface area (Å²) in [4.78, 5) is 12.1. The van der Waals surface area contributed by atoms with Crippen LogP contribution < -0.4 is 0 Å². The van der Waals surface area contributed by atoms with Gasteiger partial charge in [-0.15, -0.1) is 0 Å². The van der Waals surface area contributed by atoms with Gasteiger partial charge >= 0.3 is 0 Å². The Morgan fingerprint density at radius 3 is 3.06 bits per heavy atom. The number of carbonyl (C=O) groups excluding carboxylic acids is 1. The van der Waals surface area contributed by atoms with Crippen LogP contribution in [0.25, 0.3) is 10.9 Å². The summed E-state index contributed by atoms with van der Waals surface area (Å²) < 4.78 is 7.28. The lowest BCUT2D eigenvalue weighted by molar-refractivity contribution is -0.123. The van der Waals surface area contributed by atoms with Crippen LogP contribution >= 0.6 is 0 Å². The van der Waals surface area contributed by atoms with Gasteiger partial charge in [-0.3, -0.25) is 4.79 Å². The molecule has 0 radical (unpaired) electrons. The Bertz CT molecular complexity index is 538. The molecule has 3 rings (SSSR count). The van der Waals surface area contributed by atoms with E-state index in [1.807, 2.05) is 35.0 Å². The molecule has 1 atom stereocenters. The van der Waals surface area contributed by atoms with Crippen molar-refractivity contribution in [2.45, 2.75) is 13.0 Å². The van der Waals surface area contributed by atoms with E-state index in [9.17, 15) is 4.79 Å². The zero-order chi connectivity index (χ0) is 11.7. The van der Waals surface area contributed by atoms with E-state index in [1.54, 1.807) is 0 Å². The van der Waals surface area contributed by atoms with Gasteiger partial charge in [0.1, 0.15) is 0 Å². The highest BCUT2D eigenvalue weighted by Crippen LogP contribution is 2.18. The van der Waals surface area contributed by atoms with Crippen LogP contribution in [0.15, 0.2) is 36.5 Å². The summed E-state index contributed by atoms with van der Waals surface area (Å²) in [6, 6.07) is 10.2. The largest absolute Gasteiger partial charge is 0.381 e. The van der Waals surface area contributed by atoms with Crippen molar-refractivity contribution >= 4 is 16.7 Å². The first-order valence-electron chi connectivity index (χ1n) is 5.99. The molecule has 0 amide bonds. The Hall–Kier alpha value is -1.61. The fourth-order valence-corrected chi connectivity index (χ4v) is 2.36. The van der Waals surface area contributed by atoms with Crippen molar-refractivity contribution in [1.29, 1.82) is 0 Å².